The predicted molar refractivity (Wildman–Crippen MR) is 122 cm³/mol. The molecule has 0 spiro atoms. The molecule has 2 unspecified atom stereocenters. The molecule has 5 heteroatoms. The smallest absolute Gasteiger partial charge is 0.118 e. The lowest BCUT2D eigenvalue weighted by Crippen LogP contribution is -2.30. The molecule has 0 N–H and O–H groups in total. The lowest BCUT2D eigenvalue weighted by atomic mass is 9.87. The van der Waals surface area contributed by atoms with E-state index in [0.717, 1.165) is 36.0 Å². The number of thioether (sulfide) groups is 1. The minimum absolute atomic E-state index is 0.294. The van der Waals surface area contributed by atoms with Crippen LogP contribution in [0, 0.1) is 5.92 Å². The van der Waals surface area contributed by atoms with E-state index in [0.29, 0.717) is 12.0 Å². The van der Waals surface area contributed by atoms with Crippen LogP contribution in [0.3, 0.4) is 0 Å². The van der Waals surface area contributed by atoms with Crippen molar-refractivity contribution in [1.82, 2.24) is 5.01 Å². The van der Waals surface area contributed by atoms with Crippen LogP contribution in [-0.4, -0.2) is 43.0 Å². The molecule has 2 heterocycles. The first-order chi connectivity index (χ1) is 14.2. The van der Waals surface area contributed by atoms with Gasteiger partial charge in [-0.1, -0.05) is 31.2 Å². The Bertz CT molecular complexity index is 890. The van der Waals surface area contributed by atoms with Crippen molar-refractivity contribution in [2.75, 3.05) is 32.3 Å². The number of ether oxygens (including phenoxy) is 2. The summed E-state index contributed by atoms with van der Waals surface area (Å²) < 4.78 is 10.6. The van der Waals surface area contributed by atoms with E-state index >= 15 is 0 Å². The van der Waals surface area contributed by atoms with Gasteiger partial charge in [-0.15, -0.1) is 0 Å². The topological polar surface area (TPSA) is 34.1 Å². The Morgan fingerprint density at radius 1 is 1.03 bits per heavy atom. The largest absolute Gasteiger partial charge is 0.497 e. The van der Waals surface area contributed by atoms with Gasteiger partial charge in [-0.05, 0) is 53.5 Å². The van der Waals surface area contributed by atoms with Crippen LogP contribution >= 0.6 is 11.8 Å². The van der Waals surface area contributed by atoms with Gasteiger partial charge in [0.25, 0.3) is 0 Å². The molecule has 2 aliphatic rings. The molecule has 29 heavy (non-hydrogen) atoms. The molecular weight excluding hydrogens is 380 g/mol. The summed E-state index contributed by atoms with van der Waals surface area (Å²) in [4.78, 5) is 0. The third-order valence-electron chi connectivity index (χ3n) is 5.54. The fourth-order valence-corrected chi connectivity index (χ4v) is 5.28. The summed E-state index contributed by atoms with van der Waals surface area (Å²) in [6.07, 6.45) is 3.37. The van der Waals surface area contributed by atoms with Crippen LogP contribution in [0.1, 0.15) is 30.5 Å². The van der Waals surface area contributed by atoms with E-state index in [1.165, 1.54) is 22.4 Å². The van der Waals surface area contributed by atoms with Crippen LogP contribution in [0.15, 0.2) is 59.2 Å². The molecule has 0 aromatic heterocycles. The van der Waals surface area contributed by atoms with Crippen molar-refractivity contribution in [2.24, 2.45) is 11.0 Å². The first-order valence-electron chi connectivity index (χ1n) is 10.1. The van der Waals surface area contributed by atoms with Gasteiger partial charge in [-0.25, -0.2) is 0 Å². The second kappa shape index (κ2) is 8.95. The van der Waals surface area contributed by atoms with Crippen LogP contribution in [0.5, 0.6) is 11.5 Å². The maximum Gasteiger partial charge on any atom is 0.118 e. The van der Waals surface area contributed by atoms with E-state index in [1.807, 2.05) is 23.9 Å². The molecule has 4 rings (SSSR count). The van der Waals surface area contributed by atoms with Crippen LogP contribution in [0.4, 0.5) is 0 Å². The molecule has 0 amide bonds. The van der Waals surface area contributed by atoms with Gasteiger partial charge in [-0.3, -0.25) is 5.01 Å². The average molecular weight is 409 g/mol. The van der Waals surface area contributed by atoms with E-state index in [-0.39, 0.29) is 0 Å². The summed E-state index contributed by atoms with van der Waals surface area (Å²) in [7, 11) is 3.41. The Morgan fingerprint density at radius 3 is 2.31 bits per heavy atom. The average Bonchev–Trinajstić information content (AvgIpc) is 3.14. The Hall–Kier alpha value is -2.40. The highest BCUT2D eigenvalue weighted by molar-refractivity contribution is 7.99. The lowest BCUT2D eigenvalue weighted by Gasteiger charge is -2.30. The molecule has 2 atom stereocenters. The summed E-state index contributed by atoms with van der Waals surface area (Å²) in [6, 6.07) is 17.0. The molecule has 152 valence electrons. The van der Waals surface area contributed by atoms with Gasteiger partial charge in [0, 0.05) is 24.0 Å². The first-order valence-corrected chi connectivity index (χ1v) is 11.3. The number of benzene rings is 2. The van der Waals surface area contributed by atoms with E-state index in [9.17, 15) is 0 Å². The molecular formula is C24H28N2O2S. The van der Waals surface area contributed by atoms with Crippen LogP contribution < -0.4 is 9.47 Å². The second-order valence-corrected chi connectivity index (χ2v) is 8.46. The van der Waals surface area contributed by atoms with Gasteiger partial charge in [0.1, 0.15) is 11.5 Å². The minimum atomic E-state index is 0.294. The molecule has 0 aliphatic carbocycles. The maximum atomic E-state index is 5.35. The number of rotatable bonds is 6. The Balaban J connectivity index is 1.65. The molecule has 0 saturated carbocycles. The Labute approximate surface area is 177 Å². The van der Waals surface area contributed by atoms with Gasteiger partial charge < -0.3 is 9.47 Å². The van der Waals surface area contributed by atoms with Crippen molar-refractivity contribution in [3.05, 3.63) is 65.2 Å². The summed E-state index contributed by atoms with van der Waals surface area (Å²) in [5.41, 5.74) is 5.11. The zero-order chi connectivity index (χ0) is 20.2. The van der Waals surface area contributed by atoms with Crippen LogP contribution in [0.25, 0.3) is 6.08 Å². The fourth-order valence-electron chi connectivity index (χ4n) is 4.11. The van der Waals surface area contributed by atoms with Crippen molar-refractivity contribution in [2.45, 2.75) is 19.4 Å². The second-order valence-electron chi connectivity index (χ2n) is 7.43. The molecule has 1 saturated heterocycles. The van der Waals surface area contributed by atoms with Crippen LogP contribution in [-0.2, 0) is 0 Å². The minimum Gasteiger partial charge on any atom is -0.497 e. The summed E-state index contributed by atoms with van der Waals surface area (Å²) in [6.45, 7) is 3.19. The SMILES string of the molecule is CCCN1N=C2C(=Cc3ccc(OC)cc3)CSCC2C1c1ccc(OC)cc1. The summed E-state index contributed by atoms with van der Waals surface area (Å²) >= 11 is 2.01. The predicted octanol–water partition coefficient (Wildman–Crippen LogP) is 5.27. The summed E-state index contributed by atoms with van der Waals surface area (Å²) in [5, 5.41) is 7.43. The molecule has 4 nitrogen and oxygen atoms in total. The monoisotopic (exact) mass is 408 g/mol. The van der Waals surface area contributed by atoms with E-state index in [1.54, 1.807) is 14.2 Å². The Kier molecular flexibility index (Phi) is 6.14. The number of fused-ring (bicyclic) bond motifs is 1. The first kappa shape index (κ1) is 19.9. The highest BCUT2D eigenvalue weighted by Gasteiger charge is 2.41. The lowest BCUT2D eigenvalue weighted by molar-refractivity contribution is 0.209. The zero-order valence-electron chi connectivity index (χ0n) is 17.3. The Morgan fingerprint density at radius 2 is 1.69 bits per heavy atom. The van der Waals surface area contributed by atoms with Gasteiger partial charge in [0.2, 0.25) is 0 Å². The molecule has 0 bridgehead atoms. The van der Waals surface area contributed by atoms with Gasteiger partial charge in [-0.2, -0.15) is 16.9 Å². The van der Waals surface area contributed by atoms with Crippen molar-refractivity contribution < 1.29 is 9.47 Å². The zero-order valence-corrected chi connectivity index (χ0v) is 18.1. The van der Waals surface area contributed by atoms with Gasteiger partial charge in [0.15, 0.2) is 0 Å². The maximum absolute atomic E-state index is 5.35. The molecule has 2 aromatic carbocycles. The van der Waals surface area contributed by atoms with Crippen molar-refractivity contribution in [1.29, 1.82) is 0 Å². The molecule has 2 aliphatic heterocycles. The highest BCUT2D eigenvalue weighted by Crippen LogP contribution is 2.43. The number of hydrogen-bond donors (Lipinski definition) is 0. The highest BCUT2D eigenvalue weighted by atomic mass is 32.2. The third kappa shape index (κ3) is 4.15. The fraction of sp³-hybridized carbons (Fsp3) is 0.375. The number of nitrogens with zero attached hydrogens (tertiary/aromatic N) is 2. The number of methoxy groups -OCH3 is 2. The number of hydrogen-bond acceptors (Lipinski definition) is 5. The van der Waals surface area contributed by atoms with E-state index in [4.69, 9.17) is 14.6 Å². The van der Waals surface area contributed by atoms with Crippen molar-refractivity contribution in [3.63, 3.8) is 0 Å². The molecule has 1 fully saturated rings. The van der Waals surface area contributed by atoms with Crippen molar-refractivity contribution >= 4 is 23.5 Å². The number of hydrazone groups is 1. The van der Waals surface area contributed by atoms with Crippen molar-refractivity contribution in [3.8, 4) is 11.5 Å². The third-order valence-corrected chi connectivity index (χ3v) is 6.65. The molecule has 2 aromatic rings. The summed E-state index contributed by atoms with van der Waals surface area (Å²) in [5.74, 6) is 4.31. The van der Waals surface area contributed by atoms with Gasteiger partial charge >= 0.3 is 0 Å². The molecule has 0 radical (unpaired) electrons. The normalized spacial score (nSPS) is 22.4. The standard InChI is InChI=1S/C24H28N2O2S/c1-4-13-26-24(18-7-11-21(28-3)12-8-18)22-16-29-15-19(23(22)25-26)14-17-5-9-20(27-2)10-6-17/h5-12,14,22,24H,4,13,15-16H2,1-3H3. The van der Waals surface area contributed by atoms with E-state index < -0.39 is 0 Å². The van der Waals surface area contributed by atoms with E-state index in [2.05, 4.69) is 54.4 Å². The van der Waals surface area contributed by atoms with Gasteiger partial charge in [0.05, 0.1) is 26.0 Å². The van der Waals surface area contributed by atoms with Crippen LogP contribution in [0.2, 0.25) is 0 Å². The quantitative estimate of drug-likeness (QED) is 0.652.